The first-order valence-corrected chi connectivity index (χ1v) is 16.0. The smallest absolute Gasteiger partial charge is 0.407 e. The maximum atomic E-state index is 13.4. The summed E-state index contributed by atoms with van der Waals surface area (Å²) in [5, 5.41) is 24.2. The van der Waals surface area contributed by atoms with Crippen molar-refractivity contribution in [3.63, 3.8) is 0 Å². The van der Waals surface area contributed by atoms with Crippen LogP contribution < -0.4 is 16.0 Å². The van der Waals surface area contributed by atoms with Gasteiger partial charge in [0.1, 0.15) is 11.6 Å². The molecule has 0 radical (unpaired) electrons. The third kappa shape index (κ3) is 7.07. The molecule has 1 saturated carbocycles. The zero-order chi connectivity index (χ0) is 34.0. The van der Waals surface area contributed by atoms with E-state index in [1.807, 2.05) is 39.0 Å². The highest BCUT2D eigenvalue weighted by Gasteiger charge is 2.35. The Morgan fingerprint density at radius 3 is 2.35 bits per heavy atom. The molecule has 11 nitrogen and oxygen atoms in total. The lowest BCUT2D eigenvalue weighted by Crippen LogP contribution is -2.52. The summed E-state index contributed by atoms with van der Waals surface area (Å²) in [7, 11) is 0. The van der Waals surface area contributed by atoms with E-state index >= 15 is 0 Å². The molecular weight excluding hydrogens is 613 g/mol. The number of hydrogen-bond acceptors (Lipinski definition) is 7. The second-order valence-corrected chi connectivity index (χ2v) is 13.1. The summed E-state index contributed by atoms with van der Waals surface area (Å²) >= 11 is 0. The molecule has 48 heavy (non-hydrogen) atoms. The Bertz CT molecular complexity index is 1890. The number of aromatic nitrogens is 3. The fraction of sp³-hybridized carbons (Fsp3) is 0.306. The van der Waals surface area contributed by atoms with Crippen LogP contribution in [0.25, 0.3) is 5.65 Å². The van der Waals surface area contributed by atoms with Gasteiger partial charge in [0.15, 0.2) is 11.4 Å². The molecule has 1 unspecified atom stereocenters. The number of rotatable bonds is 8. The number of Topliss-reactive ketones (excluding diaryl/α,β-unsaturated/α-hetero) is 1. The number of imidazole rings is 1. The van der Waals surface area contributed by atoms with E-state index in [2.05, 4.69) is 26.0 Å². The molecule has 248 valence electrons. The van der Waals surface area contributed by atoms with Crippen LogP contribution in [0.4, 0.5) is 32.1 Å². The minimum Gasteiger partial charge on any atom is -0.465 e. The Morgan fingerprint density at radius 1 is 1.00 bits per heavy atom. The largest absolute Gasteiger partial charge is 0.465 e. The predicted octanol–water partition coefficient (Wildman–Crippen LogP) is 6.90. The van der Waals surface area contributed by atoms with Crippen molar-refractivity contribution in [3.05, 3.63) is 102 Å². The van der Waals surface area contributed by atoms with Crippen molar-refractivity contribution in [1.82, 2.24) is 19.5 Å². The molecule has 2 aliphatic carbocycles. The van der Waals surface area contributed by atoms with Gasteiger partial charge in [0, 0.05) is 47.5 Å². The van der Waals surface area contributed by atoms with E-state index < -0.39 is 29.3 Å². The third-order valence-electron chi connectivity index (χ3n) is 8.71. The summed E-state index contributed by atoms with van der Waals surface area (Å²) in [5.74, 6) is -1.27. The van der Waals surface area contributed by atoms with Gasteiger partial charge in [-0.25, -0.2) is 18.7 Å². The van der Waals surface area contributed by atoms with Gasteiger partial charge in [-0.2, -0.15) is 0 Å². The number of halogens is 1. The number of allylic oxidation sites excluding steroid dienone is 3. The van der Waals surface area contributed by atoms with Crippen molar-refractivity contribution >= 4 is 46.3 Å². The minimum atomic E-state index is -0.886. The van der Waals surface area contributed by atoms with E-state index in [-0.39, 0.29) is 23.4 Å². The van der Waals surface area contributed by atoms with Gasteiger partial charge < -0.3 is 26.0 Å². The Balaban J connectivity index is 1.09. The number of nitrogens with zero attached hydrogens (tertiary/aromatic N) is 4. The Hall–Kier alpha value is -5.52. The Kier molecular flexibility index (Phi) is 8.99. The minimum absolute atomic E-state index is 0.0226. The second kappa shape index (κ2) is 13.3. The first-order valence-electron chi connectivity index (χ1n) is 16.0. The van der Waals surface area contributed by atoms with Gasteiger partial charge in [-0.15, -0.1) is 5.10 Å². The first-order chi connectivity index (χ1) is 23.0. The molecule has 2 aromatic carbocycles. The van der Waals surface area contributed by atoms with Crippen molar-refractivity contribution in [1.29, 1.82) is 0 Å². The average molecular weight is 652 g/mol. The molecule has 4 N–H and O–H groups in total. The number of ketones is 1. The third-order valence-corrected chi connectivity index (χ3v) is 8.71. The Morgan fingerprint density at radius 2 is 1.69 bits per heavy atom. The number of nitrogens with one attached hydrogen (secondary N) is 3. The number of hydrogen-bond donors (Lipinski definition) is 4. The number of anilines is 4. The summed E-state index contributed by atoms with van der Waals surface area (Å²) in [6, 6.07) is 14.8. The molecule has 0 spiro atoms. The summed E-state index contributed by atoms with van der Waals surface area (Å²) < 4.78 is 15.1. The zero-order valence-corrected chi connectivity index (χ0v) is 27.0. The molecule has 6 rings (SSSR count). The highest BCUT2D eigenvalue weighted by atomic mass is 19.1. The highest BCUT2D eigenvalue weighted by Crippen LogP contribution is 2.32. The number of fused-ring (bicyclic) bond motifs is 1. The fourth-order valence-corrected chi connectivity index (χ4v) is 6.47. The van der Waals surface area contributed by atoms with E-state index in [1.165, 1.54) is 18.2 Å². The van der Waals surface area contributed by atoms with Crippen LogP contribution in [0.15, 0.2) is 90.8 Å². The van der Waals surface area contributed by atoms with E-state index in [1.54, 1.807) is 58.2 Å². The van der Waals surface area contributed by atoms with Crippen LogP contribution in [-0.2, 0) is 9.59 Å². The number of carbonyl (C=O) groups excluding carboxylic acids is 2. The summed E-state index contributed by atoms with van der Waals surface area (Å²) in [6.07, 6.45) is 10.6. The molecule has 1 fully saturated rings. The maximum Gasteiger partial charge on any atom is 0.407 e. The molecular formula is C36H38FN7O4. The SMILES string of the molecule is CC(C)(C)N(C(=O)O)C1CCC(Nc2cc(Nc3ccc(NC(=O)C4=CC=CC(c5ccc(F)cc5)C4=O)cc3)c3nccn3n2)CC1. The van der Waals surface area contributed by atoms with E-state index in [4.69, 9.17) is 0 Å². The van der Waals surface area contributed by atoms with Gasteiger partial charge in [0.2, 0.25) is 0 Å². The number of carboxylic acid groups (broad SMARTS) is 1. The molecule has 4 aromatic rings. The topological polar surface area (TPSA) is 141 Å². The van der Waals surface area contributed by atoms with Crippen LogP contribution >= 0.6 is 0 Å². The van der Waals surface area contributed by atoms with Crippen LogP contribution in [0, 0.1) is 5.82 Å². The molecule has 2 aliphatic rings. The van der Waals surface area contributed by atoms with Crippen molar-refractivity contribution in [2.45, 2.75) is 70.0 Å². The van der Waals surface area contributed by atoms with Crippen molar-refractivity contribution in [2.24, 2.45) is 0 Å². The first kappa shape index (κ1) is 32.4. The summed E-state index contributed by atoms with van der Waals surface area (Å²) in [5.41, 5.74) is 2.80. The fourth-order valence-electron chi connectivity index (χ4n) is 6.47. The van der Waals surface area contributed by atoms with Crippen LogP contribution in [0.2, 0.25) is 0 Å². The van der Waals surface area contributed by atoms with Gasteiger partial charge >= 0.3 is 6.09 Å². The van der Waals surface area contributed by atoms with Crippen LogP contribution in [0.5, 0.6) is 0 Å². The van der Waals surface area contributed by atoms with E-state index in [0.717, 1.165) is 37.1 Å². The molecule has 0 saturated heterocycles. The Labute approximate surface area is 277 Å². The number of carbonyl (C=O) groups is 3. The van der Waals surface area contributed by atoms with Crippen molar-refractivity contribution in [3.8, 4) is 0 Å². The lowest BCUT2D eigenvalue weighted by molar-refractivity contribution is -0.120. The maximum absolute atomic E-state index is 13.4. The van der Waals surface area contributed by atoms with Gasteiger partial charge in [-0.3, -0.25) is 9.59 Å². The summed E-state index contributed by atoms with van der Waals surface area (Å²) in [6.45, 7) is 5.78. The van der Waals surface area contributed by atoms with Crippen LogP contribution in [0.1, 0.15) is 57.9 Å². The van der Waals surface area contributed by atoms with Crippen molar-refractivity contribution < 1.29 is 23.9 Å². The van der Waals surface area contributed by atoms with Gasteiger partial charge in [-0.1, -0.05) is 24.3 Å². The standard InChI is InChI=1S/C36H38FN7O4/c1-36(2,3)44(35(47)48)27-17-15-25(16-18-27)40-31-21-30(33-38-19-20-43(33)42-31)39-24-11-13-26(14-12-24)41-34(46)29-6-4-5-28(32(29)45)22-7-9-23(37)10-8-22/h4-14,19-21,25,27-28,39H,15-18H2,1-3H3,(H,40,42)(H,41,46)(H,47,48). The van der Waals surface area contributed by atoms with E-state index in [9.17, 15) is 23.9 Å². The predicted molar refractivity (Wildman–Crippen MR) is 182 cm³/mol. The molecule has 2 aromatic heterocycles. The van der Waals surface area contributed by atoms with Gasteiger partial charge in [0.05, 0.1) is 17.2 Å². The second-order valence-electron chi connectivity index (χ2n) is 13.1. The normalized spacial score (nSPS) is 19.5. The van der Waals surface area contributed by atoms with Crippen molar-refractivity contribution in [2.75, 3.05) is 16.0 Å². The molecule has 0 bridgehead atoms. The van der Waals surface area contributed by atoms with Crippen LogP contribution in [0.3, 0.4) is 0 Å². The monoisotopic (exact) mass is 651 g/mol. The number of amides is 2. The highest BCUT2D eigenvalue weighted by molar-refractivity contribution is 6.26. The molecule has 2 amide bonds. The lowest BCUT2D eigenvalue weighted by Gasteiger charge is -2.42. The average Bonchev–Trinajstić information content (AvgIpc) is 3.52. The van der Waals surface area contributed by atoms with Gasteiger partial charge in [0.25, 0.3) is 5.91 Å². The number of benzene rings is 2. The summed E-state index contributed by atoms with van der Waals surface area (Å²) in [4.78, 5) is 44.2. The van der Waals surface area contributed by atoms with Crippen LogP contribution in [-0.4, -0.2) is 60.0 Å². The zero-order valence-electron chi connectivity index (χ0n) is 27.0. The molecule has 0 aliphatic heterocycles. The molecule has 1 atom stereocenters. The van der Waals surface area contributed by atoms with E-state index in [0.29, 0.717) is 22.7 Å². The molecule has 12 heteroatoms. The quantitative estimate of drug-likeness (QED) is 0.151. The van der Waals surface area contributed by atoms with Gasteiger partial charge in [-0.05, 0) is 94.5 Å². The lowest BCUT2D eigenvalue weighted by atomic mass is 9.86. The molecule has 2 heterocycles.